The first-order chi connectivity index (χ1) is 10.8. The molecule has 0 spiro atoms. The summed E-state index contributed by atoms with van der Waals surface area (Å²) in [5.41, 5.74) is -0.569. The number of halogens is 1. The van der Waals surface area contributed by atoms with Gasteiger partial charge in [0.05, 0.1) is 23.6 Å². The minimum atomic E-state index is -0.765. The number of esters is 1. The molecule has 1 aromatic rings. The number of rotatable bonds is 6. The number of nitro groups is 1. The van der Waals surface area contributed by atoms with E-state index in [4.69, 9.17) is 12.2 Å². The lowest BCUT2D eigenvalue weighted by Gasteiger charge is -2.10. The predicted molar refractivity (Wildman–Crippen MR) is 83.3 cm³/mol. The molecule has 0 aliphatic heterocycles. The minimum absolute atomic E-state index is 0.118. The van der Waals surface area contributed by atoms with Crippen LogP contribution in [-0.4, -0.2) is 28.5 Å². The summed E-state index contributed by atoms with van der Waals surface area (Å²) >= 11 is 4.82. The lowest BCUT2D eigenvalue weighted by molar-refractivity contribution is -0.384. The van der Waals surface area contributed by atoms with E-state index in [0.29, 0.717) is 0 Å². The van der Waals surface area contributed by atoms with Gasteiger partial charge in [-0.25, -0.2) is 4.39 Å². The second kappa shape index (κ2) is 8.73. The maximum absolute atomic E-state index is 13.6. The molecule has 0 atom stereocenters. The third-order valence-electron chi connectivity index (χ3n) is 2.52. The summed E-state index contributed by atoms with van der Waals surface area (Å²) in [6.07, 6.45) is -0.272. The Balaban J connectivity index is 2.56. The fourth-order valence-corrected chi connectivity index (χ4v) is 1.74. The second-order valence-electron chi connectivity index (χ2n) is 4.23. The van der Waals surface area contributed by atoms with Gasteiger partial charge in [-0.3, -0.25) is 19.7 Å². The number of nitro benzene ring substituents is 1. The molecule has 0 unspecified atom stereocenters. The van der Waals surface area contributed by atoms with Crippen LogP contribution < -0.4 is 10.6 Å². The van der Waals surface area contributed by atoms with Gasteiger partial charge in [0, 0.05) is 18.6 Å². The summed E-state index contributed by atoms with van der Waals surface area (Å²) in [6, 6.07) is 2.86. The fraction of sp³-hybridized carbons (Fsp3) is 0.308. The van der Waals surface area contributed by atoms with E-state index >= 15 is 0 Å². The molecule has 0 aromatic heterocycles. The zero-order chi connectivity index (χ0) is 17.4. The van der Waals surface area contributed by atoms with Crippen LogP contribution in [0.4, 0.5) is 15.8 Å². The third-order valence-corrected chi connectivity index (χ3v) is 2.73. The van der Waals surface area contributed by atoms with Gasteiger partial charge in [-0.15, -0.1) is 0 Å². The fourth-order valence-electron chi connectivity index (χ4n) is 1.51. The van der Waals surface area contributed by atoms with Crippen LogP contribution in [0, 0.1) is 15.9 Å². The molecular formula is C13H14FN3O5S. The molecule has 23 heavy (non-hydrogen) atoms. The van der Waals surface area contributed by atoms with Crippen LogP contribution in [-0.2, 0) is 14.3 Å². The Morgan fingerprint density at radius 3 is 2.70 bits per heavy atom. The highest BCUT2D eigenvalue weighted by Gasteiger charge is 2.13. The van der Waals surface area contributed by atoms with Crippen molar-refractivity contribution in [3.8, 4) is 0 Å². The normalized spacial score (nSPS) is 9.83. The highest BCUT2D eigenvalue weighted by atomic mass is 32.1. The number of thiocarbonyl (C=S) groups is 1. The van der Waals surface area contributed by atoms with Crippen molar-refractivity contribution in [3.05, 3.63) is 34.1 Å². The molecule has 1 amide bonds. The summed E-state index contributed by atoms with van der Waals surface area (Å²) in [7, 11) is 0. The van der Waals surface area contributed by atoms with E-state index in [1.165, 1.54) is 0 Å². The lowest BCUT2D eigenvalue weighted by atomic mass is 10.2. The number of nitrogens with zero attached hydrogens (tertiary/aromatic N) is 1. The highest BCUT2D eigenvalue weighted by Crippen LogP contribution is 2.21. The van der Waals surface area contributed by atoms with E-state index in [0.717, 1.165) is 18.2 Å². The van der Waals surface area contributed by atoms with Gasteiger partial charge in [-0.05, 0) is 25.2 Å². The molecule has 1 rings (SSSR count). The molecule has 0 aliphatic rings. The maximum Gasteiger partial charge on any atom is 0.306 e. The summed E-state index contributed by atoms with van der Waals surface area (Å²) in [4.78, 5) is 32.6. The maximum atomic E-state index is 13.6. The van der Waals surface area contributed by atoms with E-state index in [-0.39, 0.29) is 35.9 Å². The zero-order valence-electron chi connectivity index (χ0n) is 12.1. The van der Waals surface area contributed by atoms with Crippen LogP contribution in [0.1, 0.15) is 19.8 Å². The van der Waals surface area contributed by atoms with E-state index in [1.54, 1.807) is 6.92 Å². The Hall–Kier alpha value is -2.62. The van der Waals surface area contributed by atoms with Crippen molar-refractivity contribution in [3.63, 3.8) is 0 Å². The standard InChI is InChI=1S/C13H14FN3O5S/c1-2-22-12(19)6-5-11(18)16-13(23)15-10-7-8(17(20)21)3-4-9(10)14/h3-4,7H,2,5-6H2,1H3,(H2,15,16,18,23). The van der Waals surface area contributed by atoms with Crippen LogP contribution >= 0.6 is 12.2 Å². The van der Waals surface area contributed by atoms with Gasteiger partial charge in [0.25, 0.3) is 5.69 Å². The average Bonchev–Trinajstić information content (AvgIpc) is 2.47. The number of non-ortho nitro benzene ring substituents is 1. The van der Waals surface area contributed by atoms with Gasteiger partial charge in [-0.2, -0.15) is 0 Å². The molecule has 0 aliphatic carbocycles. The summed E-state index contributed by atoms with van der Waals surface area (Å²) in [5, 5.41) is 15.0. The highest BCUT2D eigenvalue weighted by molar-refractivity contribution is 7.80. The van der Waals surface area contributed by atoms with Crippen LogP contribution in [0.5, 0.6) is 0 Å². The quantitative estimate of drug-likeness (QED) is 0.351. The number of ether oxygens (including phenoxy) is 1. The van der Waals surface area contributed by atoms with Crippen molar-refractivity contribution < 1.29 is 23.6 Å². The largest absolute Gasteiger partial charge is 0.466 e. The number of nitrogens with one attached hydrogen (secondary N) is 2. The Labute approximate surface area is 136 Å². The molecule has 8 nitrogen and oxygen atoms in total. The molecule has 10 heteroatoms. The number of hydrogen-bond acceptors (Lipinski definition) is 6. The van der Waals surface area contributed by atoms with Crippen LogP contribution in [0.25, 0.3) is 0 Å². The molecule has 2 N–H and O–H groups in total. The van der Waals surface area contributed by atoms with E-state index < -0.39 is 22.6 Å². The number of anilines is 1. The predicted octanol–water partition coefficient (Wildman–Crippen LogP) is 1.89. The van der Waals surface area contributed by atoms with E-state index in [2.05, 4.69) is 15.4 Å². The first-order valence-corrected chi connectivity index (χ1v) is 6.94. The van der Waals surface area contributed by atoms with E-state index in [1.807, 2.05) is 0 Å². The van der Waals surface area contributed by atoms with Crippen molar-refractivity contribution >= 4 is 40.6 Å². The van der Waals surface area contributed by atoms with Gasteiger partial charge in [0.15, 0.2) is 5.11 Å². The Morgan fingerprint density at radius 1 is 1.39 bits per heavy atom. The summed E-state index contributed by atoms with van der Waals surface area (Å²) in [6.45, 7) is 1.86. The molecular weight excluding hydrogens is 329 g/mol. The molecule has 0 radical (unpaired) electrons. The van der Waals surface area contributed by atoms with Gasteiger partial charge in [0.1, 0.15) is 5.82 Å². The first-order valence-electron chi connectivity index (χ1n) is 6.54. The van der Waals surface area contributed by atoms with Crippen molar-refractivity contribution in [2.24, 2.45) is 0 Å². The van der Waals surface area contributed by atoms with Crippen LogP contribution in [0.15, 0.2) is 18.2 Å². The number of amides is 1. The topological polar surface area (TPSA) is 111 Å². The third kappa shape index (κ3) is 6.34. The van der Waals surface area contributed by atoms with Gasteiger partial charge in [-0.1, -0.05) is 0 Å². The monoisotopic (exact) mass is 343 g/mol. The zero-order valence-corrected chi connectivity index (χ0v) is 12.9. The van der Waals surface area contributed by atoms with Crippen molar-refractivity contribution in [1.29, 1.82) is 0 Å². The molecule has 0 fully saturated rings. The van der Waals surface area contributed by atoms with Crippen LogP contribution in [0.2, 0.25) is 0 Å². The first kappa shape index (κ1) is 18.4. The Bertz CT molecular complexity index is 638. The van der Waals surface area contributed by atoms with Crippen LogP contribution in [0.3, 0.4) is 0 Å². The number of carbonyl (C=O) groups is 2. The lowest BCUT2D eigenvalue weighted by Crippen LogP contribution is -2.34. The smallest absolute Gasteiger partial charge is 0.306 e. The Kier molecular flexibility index (Phi) is 7.00. The molecule has 0 saturated heterocycles. The van der Waals surface area contributed by atoms with Gasteiger partial charge < -0.3 is 15.4 Å². The Morgan fingerprint density at radius 2 is 2.09 bits per heavy atom. The molecule has 0 saturated carbocycles. The van der Waals surface area contributed by atoms with Gasteiger partial charge >= 0.3 is 5.97 Å². The van der Waals surface area contributed by atoms with Crippen molar-refractivity contribution in [2.45, 2.75) is 19.8 Å². The van der Waals surface area contributed by atoms with Crippen molar-refractivity contribution in [2.75, 3.05) is 11.9 Å². The summed E-state index contributed by atoms with van der Waals surface area (Å²) in [5.74, 6) is -1.86. The molecule has 124 valence electrons. The molecule has 0 heterocycles. The minimum Gasteiger partial charge on any atom is -0.466 e. The second-order valence-corrected chi connectivity index (χ2v) is 4.64. The number of carbonyl (C=O) groups excluding carboxylic acids is 2. The van der Waals surface area contributed by atoms with Crippen molar-refractivity contribution in [1.82, 2.24) is 5.32 Å². The molecule has 1 aromatic carbocycles. The number of hydrogen-bond donors (Lipinski definition) is 2. The SMILES string of the molecule is CCOC(=O)CCC(=O)NC(=S)Nc1cc([N+](=O)[O-])ccc1F. The average molecular weight is 343 g/mol. The summed E-state index contributed by atoms with van der Waals surface area (Å²) < 4.78 is 18.2. The van der Waals surface area contributed by atoms with E-state index in [9.17, 15) is 24.1 Å². The number of benzene rings is 1. The van der Waals surface area contributed by atoms with Gasteiger partial charge in [0.2, 0.25) is 5.91 Å². The molecule has 0 bridgehead atoms.